The van der Waals surface area contributed by atoms with Gasteiger partial charge in [0.15, 0.2) is 5.50 Å². The molecule has 2 nitrogen and oxygen atoms in total. The van der Waals surface area contributed by atoms with Gasteiger partial charge >= 0.3 is 6.18 Å². The molecule has 3 unspecified atom stereocenters. The zero-order valence-corrected chi connectivity index (χ0v) is 9.85. The second-order valence-electron chi connectivity index (χ2n) is 3.60. The molecule has 0 spiro atoms. The normalized spacial score (nSPS) is 25.7. The fourth-order valence-electron chi connectivity index (χ4n) is 1.38. The van der Waals surface area contributed by atoms with Crippen LogP contribution in [0, 0.1) is 0 Å². The summed E-state index contributed by atoms with van der Waals surface area (Å²) < 4.78 is 41.5. The first kappa shape index (κ1) is 13.0. The summed E-state index contributed by atoms with van der Waals surface area (Å²) in [4.78, 5) is 0. The van der Waals surface area contributed by atoms with Crippen LogP contribution < -0.4 is 5.32 Å². The van der Waals surface area contributed by atoms with E-state index in [2.05, 4.69) is 5.32 Å². The summed E-state index contributed by atoms with van der Waals surface area (Å²) in [6.45, 7) is 0. The first-order valence-corrected chi connectivity index (χ1v) is 5.57. The van der Waals surface area contributed by atoms with Gasteiger partial charge in [0, 0.05) is 5.02 Å². The molecule has 2 rings (SSSR count). The minimum absolute atomic E-state index is 0.407. The van der Waals surface area contributed by atoms with Crippen molar-refractivity contribution in [3.63, 3.8) is 0 Å². The number of epoxide rings is 1. The highest BCUT2D eigenvalue weighted by Crippen LogP contribution is 2.39. The molecule has 3 atom stereocenters. The number of hydrogen-bond donors (Lipinski definition) is 1. The Labute approximate surface area is 106 Å². The summed E-state index contributed by atoms with van der Waals surface area (Å²) >= 11 is 10.8. The highest BCUT2D eigenvalue weighted by Gasteiger charge is 2.47. The molecular weight excluding hydrogens is 278 g/mol. The molecule has 1 aromatic carbocycles. The molecule has 1 heterocycles. The first-order chi connectivity index (χ1) is 7.88. The number of benzene rings is 1. The number of rotatable bonds is 3. The molecule has 7 heteroatoms. The van der Waals surface area contributed by atoms with E-state index in [1.807, 2.05) is 0 Å². The molecule has 94 valence electrons. The van der Waals surface area contributed by atoms with Gasteiger partial charge in [-0.05, 0) is 17.7 Å². The largest absolute Gasteiger partial charge is 0.417 e. The molecule has 17 heavy (non-hydrogen) atoms. The maximum atomic E-state index is 12.2. The number of alkyl halides is 4. The van der Waals surface area contributed by atoms with Crippen molar-refractivity contribution in [2.45, 2.75) is 24.0 Å². The van der Waals surface area contributed by atoms with Gasteiger partial charge in [0.05, 0.1) is 0 Å². The highest BCUT2D eigenvalue weighted by molar-refractivity contribution is 6.30. The molecule has 1 saturated heterocycles. The lowest BCUT2D eigenvalue weighted by Gasteiger charge is -2.13. The molecule has 1 aromatic rings. The second-order valence-corrected chi connectivity index (χ2v) is 4.47. The lowest BCUT2D eigenvalue weighted by atomic mass is 10.1. The fraction of sp³-hybridized carbons (Fsp3) is 0.400. The Bertz CT molecular complexity index is 396. The van der Waals surface area contributed by atoms with Crippen molar-refractivity contribution in [2.75, 3.05) is 0 Å². The van der Waals surface area contributed by atoms with Crippen LogP contribution in [0.5, 0.6) is 0 Å². The summed E-state index contributed by atoms with van der Waals surface area (Å²) in [6, 6.07) is 6.70. The summed E-state index contributed by atoms with van der Waals surface area (Å²) in [6.07, 6.45) is -5.60. The molecule has 1 aliphatic rings. The third-order valence-electron chi connectivity index (χ3n) is 2.29. The van der Waals surface area contributed by atoms with Crippen LogP contribution >= 0.6 is 23.2 Å². The maximum absolute atomic E-state index is 12.2. The standard InChI is InChI=1S/C10H8Cl2F3NO/c11-6-3-1-5(2-4-6)7-8(17-7)16-9(12)10(13,14)15/h1-4,7-9,16H. The number of nitrogens with one attached hydrogen (secondary N) is 1. The van der Waals surface area contributed by atoms with E-state index in [0.29, 0.717) is 5.02 Å². The molecular formula is C10H8Cl2F3NO. The van der Waals surface area contributed by atoms with E-state index >= 15 is 0 Å². The van der Waals surface area contributed by atoms with Crippen LogP contribution in [0.15, 0.2) is 24.3 Å². The Morgan fingerprint density at radius 1 is 1.24 bits per heavy atom. The van der Waals surface area contributed by atoms with Crippen LogP contribution in [0.25, 0.3) is 0 Å². The molecule has 0 aliphatic carbocycles. The minimum atomic E-state index is -4.49. The smallest absolute Gasteiger partial charge is 0.348 e. The summed E-state index contributed by atoms with van der Waals surface area (Å²) in [5.41, 5.74) is -1.34. The van der Waals surface area contributed by atoms with Crippen molar-refractivity contribution in [3.8, 4) is 0 Å². The topological polar surface area (TPSA) is 24.6 Å². The lowest BCUT2D eigenvalue weighted by molar-refractivity contribution is -0.137. The van der Waals surface area contributed by atoms with E-state index in [4.69, 9.17) is 27.9 Å². The van der Waals surface area contributed by atoms with Gasteiger partial charge in [0.1, 0.15) is 12.3 Å². The van der Waals surface area contributed by atoms with E-state index in [0.717, 1.165) is 5.56 Å². The number of hydrogen-bond acceptors (Lipinski definition) is 2. The molecule has 0 aromatic heterocycles. The number of halogens is 5. The van der Waals surface area contributed by atoms with Gasteiger partial charge in [-0.2, -0.15) is 13.2 Å². The number of ether oxygens (including phenoxy) is 1. The minimum Gasteiger partial charge on any atom is -0.348 e. The summed E-state index contributed by atoms with van der Waals surface area (Å²) in [5, 5.41) is 2.70. The molecule has 0 amide bonds. The van der Waals surface area contributed by atoms with Gasteiger partial charge in [-0.3, -0.25) is 5.32 Å². The Morgan fingerprint density at radius 3 is 2.35 bits per heavy atom. The van der Waals surface area contributed by atoms with Crippen LogP contribution in [0.3, 0.4) is 0 Å². The van der Waals surface area contributed by atoms with Gasteiger partial charge in [0.2, 0.25) is 0 Å². The Kier molecular flexibility index (Phi) is 3.54. The van der Waals surface area contributed by atoms with Gasteiger partial charge in [0.25, 0.3) is 0 Å². The molecule has 0 radical (unpaired) electrons. The van der Waals surface area contributed by atoms with Crippen LogP contribution in [-0.4, -0.2) is 17.9 Å². The first-order valence-electron chi connectivity index (χ1n) is 4.75. The van der Waals surface area contributed by atoms with Crippen molar-refractivity contribution < 1.29 is 17.9 Å². The van der Waals surface area contributed by atoms with E-state index in [1.165, 1.54) is 0 Å². The molecule has 1 N–H and O–H groups in total. The Balaban J connectivity index is 1.91. The molecule has 1 aliphatic heterocycles. The van der Waals surface area contributed by atoms with Crippen molar-refractivity contribution in [2.24, 2.45) is 0 Å². The van der Waals surface area contributed by atoms with Crippen molar-refractivity contribution in [3.05, 3.63) is 34.9 Å². The summed E-state index contributed by atoms with van der Waals surface area (Å²) in [7, 11) is 0. The quantitative estimate of drug-likeness (QED) is 0.523. The van der Waals surface area contributed by atoms with Crippen LogP contribution in [0.1, 0.15) is 11.7 Å². The SMILES string of the molecule is FC(F)(F)C(Cl)NC1OC1c1ccc(Cl)cc1. The van der Waals surface area contributed by atoms with Gasteiger partial charge in [-0.15, -0.1) is 0 Å². The molecule has 1 fully saturated rings. The zero-order chi connectivity index (χ0) is 12.6. The van der Waals surface area contributed by atoms with Gasteiger partial charge < -0.3 is 4.74 Å². The zero-order valence-electron chi connectivity index (χ0n) is 8.34. The van der Waals surface area contributed by atoms with Crippen molar-refractivity contribution >= 4 is 23.2 Å². The average Bonchev–Trinajstić information content (AvgIpc) is 2.97. The van der Waals surface area contributed by atoms with Crippen molar-refractivity contribution in [1.29, 1.82) is 0 Å². The van der Waals surface area contributed by atoms with Crippen LogP contribution in [0.2, 0.25) is 5.02 Å². The Hall–Kier alpha value is -0.490. The van der Waals surface area contributed by atoms with E-state index in [-0.39, 0.29) is 0 Å². The van der Waals surface area contributed by atoms with Gasteiger partial charge in [-0.1, -0.05) is 35.3 Å². The summed E-state index contributed by atoms with van der Waals surface area (Å²) in [5.74, 6) is 0. The predicted octanol–water partition coefficient (Wildman–Crippen LogP) is 3.45. The average molecular weight is 286 g/mol. The van der Waals surface area contributed by atoms with Gasteiger partial charge in [-0.25, -0.2) is 0 Å². The molecule has 0 saturated carbocycles. The van der Waals surface area contributed by atoms with E-state index in [1.54, 1.807) is 24.3 Å². The van der Waals surface area contributed by atoms with E-state index < -0.39 is 24.0 Å². The van der Waals surface area contributed by atoms with E-state index in [9.17, 15) is 13.2 Å². The molecule has 0 bridgehead atoms. The predicted molar refractivity (Wildman–Crippen MR) is 57.9 cm³/mol. The fourth-order valence-corrected chi connectivity index (χ4v) is 1.63. The van der Waals surface area contributed by atoms with Crippen LogP contribution in [0.4, 0.5) is 13.2 Å². The monoisotopic (exact) mass is 285 g/mol. The third-order valence-corrected chi connectivity index (χ3v) is 2.91. The second kappa shape index (κ2) is 4.65. The highest BCUT2D eigenvalue weighted by atomic mass is 35.5. The van der Waals surface area contributed by atoms with Crippen molar-refractivity contribution in [1.82, 2.24) is 5.32 Å². The maximum Gasteiger partial charge on any atom is 0.417 e. The van der Waals surface area contributed by atoms with Crippen LogP contribution in [-0.2, 0) is 4.74 Å². The lowest BCUT2D eigenvalue weighted by Crippen LogP contribution is -2.39. The Morgan fingerprint density at radius 2 is 1.82 bits per heavy atom. The third kappa shape index (κ3) is 3.25.